The zero-order valence-electron chi connectivity index (χ0n) is 6.45. The van der Waals surface area contributed by atoms with Gasteiger partial charge in [-0.1, -0.05) is 19.1 Å². The van der Waals surface area contributed by atoms with Crippen LogP contribution < -0.4 is 5.11 Å². The van der Waals surface area contributed by atoms with E-state index in [1.807, 2.05) is 0 Å². The summed E-state index contributed by atoms with van der Waals surface area (Å²) >= 11 is 0. The third-order valence-corrected chi connectivity index (χ3v) is 1.29. The van der Waals surface area contributed by atoms with E-state index in [0.717, 1.165) is 6.29 Å². The van der Waals surface area contributed by atoms with Crippen LogP contribution in [0.4, 0.5) is 0 Å². The predicted octanol–water partition coefficient (Wildman–Crippen LogP) is -0.0923. The van der Waals surface area contributed by atoms with Crippen molar-refractivity contribution in [1.29, 1.82) is 0 Å². The van der Waals surface area contributed by atoms with Gasteiger partial charge in [0.25, 0.3) is 0 Å². The largest absolute Gasteiger partial charge is 0.550 e. The molecular formula is C8H11O3-. The molecule has 0 heterocycles. The number of carbonyl (C=O) groups excluding carboxylic acids is 2. The highest BCUT2D eigenvalue weighted by molar-refractivity contribution is 5.67. The van der Waals surface area contributed by atoms with E-state index in [2.05, 4.69) is 0 Å². The van der Waals surface area contributed by atoms with Crippen molar-refractivity contribution in [3.8, 4) is 0 Å². The van der Waals surface area contributed by atoms with Crippen LogP contribution in [-0.2, 0) is 9.59 Å². The number of aliphatic carboxylic acids is 1. The minimum atomic E-state index is -1.05. The highest BCUT2D eigenvalue weighted by atomic mass is 16.4. The fourth-order valence-corrected chi connectivity index (χ4v) is 0.548. The number of carbonyl (C=O) groups is 2. The summed E-state index contributed by atoms with van der Waals surface area (Å²) in [6, 6.07) is 0. The Kier molecular flexibility index (Phi) is 5.07. The molecule has 0 amide bonds. The van der Waals surface area contributed by atoms with Gasteiger partial charge in [0.05, 0.1) is 0 Å². The fourth-order valence-electron chi connectivity index (χ4n) is 0.548. The second-order valence-corrected chi connectivity index (χ2v) is 2.33. The molecule has 0 fully saturated rings. The van der Waals surface area contributed by atoms with Crippen LogP contribution in [0.3, 0.4) is 0 Å². The van der Waals surface area contributed by atoms with Crippen LogP contribution in [-0.4, -0.2) is 12.3 Å². The van der Waals surface area contributed by atoms with E-state index in [1.165, 1.54) is 0 Å². The Morgan fingerprint density at radius 1 is 1.55 bits per heavy atom. The number of carboxylic acid groups (broad SMARTS) is 1. The van der Waals surface area contributed by atoms with Crippen molar-refractivity contribution >= 4 is 12.3 Å². The Hall–Kier alpha value is -1.12. The maximum atomic E-state index is 10.1. The molecule has 0 saturated heterocycles. The van der Waals surface area contributed by atoms with E-state index in [-0.39, 0.29) is 0 Å². The lowest BCUT2D eigenvalue weighted by Crippen LogP contribution is -2.29. The number of carboxylic acids is 1. The number of aldehydes is 1. The summed E-state index contributed by atoms with van der Waals surface area (Å²) in [6.07, 6.45) is 4.86. The fraction of sp³-hybridized carbons (Fsp3) is 0.500. The first-order valence-electron chi connectivity index (χ1n) is 3.48. The molecule has 0 bridgehead atoms. The molecule has 0 aromatic rings. The molecule has 11 heavy (non-hydrogen) atoms. The lowest BCUT2D eigenvalue weighted by molar-refractivity contribution is -0.310. The van der Waals surface area contributed by atoms with Crippen molar-refractivity contribution in [1.82, 2.24) is 0 Å². The highest BCUT2D eigenvalue weighted by Gasteiger charge is 1.97. The Morgan fingerprint density at radius 3 is 2.64 bits per heavy atom. The molecule has 3 heteroatoms. The van der Waals surface area contributed by atoms with Crippen LogP contribution in [0.2, 0.25) is 0 Å². The van der Waals surface area contributed by atoms with Crippen LogP contribution in [0.15, 0.2) is 12.2 Å². The molecule has 0 spiro atoms. The Morgan fingerprint density at radius 2 is 2.18 bits per heavy atom. The van der Waals surface area contributed by atoms with Gasteiger partial charge in [-0.3, -0.25) is 0 Å². The van der Waals surface area contributed by atoms with Gasteiger partial charge >= 0.3 is 0 Å². The standard InChI is InChI=1S/C8H12O3/c1-7(8(10)11)5-3-2-4-6-9/h2-3,6-7H,4-5H2,1H3,(H,10,11)/p-1/b3-2+. The van der Waals surface area contributed by atoms with Crippen molar-refractivity contribution < 1.29 is 14.7 Å². The second kappa shape index (κ2) is 5.65. The van der Waals surface area contributed by atoms with Gasteiger partial charge in [-0.05, 0) is 12.3 Å². The molecule has 1 atom stereocenters. The Bertz CT molecular complexity index is 161. The molecule has 0 aliphatic carbocycles. The van der Waals surface area contributed by atoms with Crippen LogP contribution in [0.5, 0.6) is 0 Å². The van der Waals surface area contributed by atoms with E-state index in [4.69, 9.17) is 0 Å². The summed E-state index contributed by atoms with van der Waals surface area (Å²) in [5.41, 5.74) is 0. The number of hydrogen-bond donors (Lipinski definition) is 0. The van der Waals surface area contributed by atoms with Gasteiger partial charge < -0.3 is 14.7 Å². The molecule has 0 aliphatic heterocycles. The first kappa shape index (κ1) is 9.88. The first-order chi connectivity index (χ1) is 5.18. The molecule has 0 aliphatic rings. The van der Waals surface area contributed by atoms with Crippen molar-refractivity contribution in [3.05, 3.63) is 12.2 Å². The van der Waals surface area contributed by atoms with Gasteiger partial charge in [0, 0.05) is 12.4 Å². The average Bonchev–Trinajstić information content (AvgIpc) is 1.97. The lowest BCUT2D eigenvalue weighted by atomic mass is 10.1. The smallest absolute Gasteiger partial charge is 0.123 e. The Labute approximate surface area is 65.7 Å². The molecule has 3 nitrogen and oxygen atoms in total. The minimum Gasteiger partial charge on any atom is -0.550 e. The predicted molar refractivity (Wildman–Crippen MR) is 38.6 cm³/mol. The van der Waals surface area contributed by atoms with E-state index in [0.29, 0.717) is 12.8 Å². The maximum Gasteiger partial charge on any atom is 0.123 e. The number of allylic oxidation sites excluding steroid dienone is 2. The lowest BCUT2D eigenvalue weighted by Gasteiger charge is -2.07. The monoisotopic (exact) mass is 155 g/mol. The average molecular weight is 155 g/mol. The quantitative estimate of drug-likeness (QED) is 0.411. The number of hydrogen-bond acceptors (Lipinski definition) is 3. The zero-order valence-corrected chi connectivity index (χ0v) is 6.45. The molecule has 1 unspecified atom stereocenters. The van der Waals surface area contributed by atoms with Crippen molar-refractivity contribution in [3.63, 3.8) is 0 Å². The maximum absolute atomic E-state index is 10.1. The Balaban J connectivity index is 3.52. The topological polar surface area (TPSA) is 57.2 Å². The molecule has 62 valence electrons. The van der Waals surface area contributed by atoms with Crippen LogP contribution in [0.1, 0.15) is 19.8 Å². The van der Waals surface area contributed by atoms with E-state index >= 15 is 0 Å². The van der Waals surface area contributed by atoms with Crippen molar-refractivity contribution in [2.45, 2.75) is 19.8 Å². The van der Waals surface area contributed by atoms with Crippen molar-refractivity contribution in [2.24, 2.45) is 5.92 Å². The normalized spacial score (nSPS) is 13.2. The van der Waals surface area contributed by atoms with Crippen molar-refractivity contribution in [2.75, 3.05) is 0 Å². The van der Waals surface area contributed by atoms with Crippen LogP contribution >= 0.6 is 0 Å². The summed E-state index contributed by atoms with van der Waals surface area (Å²) in [5, 5.41) is 10.1. The zero-order chi connectivity index (χ0) is 8.69. The van der Waals surface area contributed by atoms with Gasteiger partial charge in [-0.15, -0.1) is 0 Å². The molecular weight excluding hydrogens is 144 g/mol. The first-order valence-corrected chi connectivity index (χ1v) is 3.48. The van der Waals surface area contributed by atoms with E-state index in [1.54, 1.807) is 19.1 Å². The molecule has 0 saturated carbocycles. The third-order valence-electron chi connectivity index (χ3n) is 1.29. The van der Waals surface area contributed by atoms with E-state index in [9.17, 15) is 14.7 Å². The SMILES string of the molecule is CC(C/C=C/CC=O)C(=O)[O-]. The summed E-state index contributed by atoms with van der Waals surface area (Å²) in [5.74, 6) is -1.53. The van der Waals surface area contributed by atoms with Gasteiger partial charge in [0.15, 0.2) is 0 Å². The number of rotatable bonds is 5. The molecule has 0 radical (unpaired) electrons. The molecule has 0 aromatic heterocycles. The third kappa shape index (κ3) is 5.33. The van der Waals surface area contributed by atoms with E-state index < -0.39 is 11.9 Å². The highest BCUT2D eigenvalue weighted by Crippen LogP contribution is 2.00. The minimum absolute atomic E-state index is 0.347. The van der Waals surface area contributed by atoms with Crippen LogP contribution in [0.25, 0.3) is 0 Å². The van der Waals surface area contributed by atoms with Gasteiger partial charge in [-0.2, -0.15) is 0 Å². The van der Waals surface area contributed by atoms with Crippen LogP contribution in [0, 0.1) is 5.92 Å². The summed E-state index contributed by atoms with van der Waals surface area (Å²) < 4.78 is 0. The summed E-state index contributed by atoms with van der Waals surface area (Å²) in [6.45, 7) is 1.57. The van der Waals surface area contributed by atoms with Gasteiger partial charge in [0.1, 0.15) is 6.29 Å². The van der Waals surface area contributed by atoms with Gasteiger partial charge in [0.2, 0.25) is 0 Å². The second-order valence-electron chi connectivity index (χ2n) is 2.33. The summed E-state index contributed by atoms with van der Waals surface area (Å²) in [7, 11) is 0. The summed E-state index contributed by atoms with van der Waals surface area (Å²) in [4.78, 5) is 20.0. The molecule has 0 rings (SSSR count). The molecule has 0 aromatic carbocycles. The molecule has 0 N–H and O–H groups in total. The van der Waals surface area contributed by atoms with Gasteiger partial charge in [-0.25, -0.2) is 0 Å².